The summed E-state index contributed by atoms with van der Waals surface area (Å²) in [4.78, 5) is 23.1. The zero-order valence-corrected chi connectivity index (χ0v) is 11.6. The molecule has 2 rings (SSSR count). The summed E-state index contributed by atoms with van der Waals surface area (Å²) in [6.07, 6.45) is -0.0344. The van der Waals surface area contributed by atoms with Crippen LogP contribution in [0.2, 0.25) is 0 Å². The Bertz CT molecular complexity index is 679. The predicted molar refractivity (Wildman–Crippen MR) is 77.0 cm³/mol. The van der Waals surface area contributed by atoms with Gasteiger partial charge in [-0.3, -0.25) is 4.79 Å². The van der Waals surface area contributed by atoms with Gasteiger partial charge in [-0.2, -0.15) is 0 Å². The van der Waals surface area contributed by atoms with Crippen molar-refractivity contribution in [2.45, 2.75) is 16.2 Å². The molecule has 0 aromatic heterocycles. The molecule has 0 fully saturated rings. The lowest BCUT2D eigenvalue weighted by molar-refractivity contribution is -0.136. The van der Waals surface area contributed by atoms with Gasteiger partial charge in [-0.15, -0.1) is 0 Å². The smallest absolute Gasteiger partial charge is 0.339 e. The molecule has 3 N–H and O–H groups in total. The molecule has 5 nitrogen and oxygen atoms in total. The molecule has 0 saturated heterocycles. The maximum Gasteiger partial charge on any atom is 0.339 e. The first kappa shape index (κ1) is 14.9. The molecule has 0 saturated carbocycles. The van der Waals surface area contributed by atoms with Crippen LogP contribution in [0, 0.1) is 0 Å². The maximum atomic E-state index is 10.9. The van der Waals surface area contributed by atoms with Crippen LogP contribution < -0.4 is 0 Å². The average molecular weight is 304 g/mol. The Morgan fingerprint density at radius 1 is 0.952 bits per heavy atom. The second kappa shape index (κ2) is 6.32. The summed E-state index contributed by atoms with van der Waals surface area (Å²) in [5.74, 6) is -2.35. The van der Waals surface area contributed by atoms with Crippen molar-refractivity contribution >= 4 is 23.7 Å². The minimum absolute atomic E-state index is 0.0344. The van der Waals surface area contributed by atoms with Crippen LogP contribution in [-0.4, -0.2) is 27.3 Å². The Labute approximate surface area is 124 Å². The van der Waals surface area contributed by atoms with Gasteiger partial charge in [0.25, 0.3) is 0 Å². The fourth-order valence-corrected chi connectivity index (χ4v) is 2.59. The van der Waals surface area contributed by atoms with Crippen molar-refractivity contribution in [3.05, 3.63) is 53.6 Å². The highest BCUT2D eigenvalue weighted by molar-refractivity contribution is 7.99. The van der Waals surface area contributed by atoms with E-state index in [0.29, 0.717) is 10.5 Å². The zero-order chi connectivity index (χ0) is 15.4. The fraction of sp³-hybridized carbons (Fsp3) is 0.0667. The lowest BCUT2D eigenvalue weighted by Gasteiger charge is -2.05. The van der Waals surface area contributed by atoms with Crippen molar-refractivity contribution in [3.63, 3.8) is 0 Å². The quantitative estimate of drug-likeness (QED) is 0.786. The monoisotopic (exact) mass is 304 g/mol. The molecule has 0 atom stereocenters. The summed E-state index contributed by atoms with van der Waals surface area (Å²) in [6.45, 7) is 0. The number of phenols is 1. The number of carboxylic acids is 2. The molecule has 0 spiro atoms. The van der Waals surface area contributed by atoms with Crippen molar-refractivity contribution < 1.29 is 24.9 Å². The van der Waals surface area contributed by atoms with Gasteiger partial charge in [0, 0.05) is 9.79 Å². The van der Waals surface area contributed by atoms with E-state index in [9.17, 15) is 14.7 Å². The highest BCUT2D eigenvalue weighted by Crippen LogP contribution is 2.31. The Morgan fingerprint density at radius 3 is 2.14 bits per heavy atom. The number of hydrogen-bond acceptors (Lipinski definition) is 4. The molecule has 0 heterocycles. The SMILES string of the molecule is O=C(O)Cc1ccc(Sc2ccc(O)c(C(=O)O)c2)cc1. The summed E-state index contributed by atoms with van der Waals surface area (Å²) in [5, 5.41) is 27.1. The van der Waals surface area contributed by atoms with Crippen molar-refractivity contribution in [3.8, 4) is 5.75 Å². The first-order chi connectivity index (χ1) is 9.95. The zero-order valence-electron chi connectivity index (χ0n) is 10.8. The van der Waals surface area contributed by atoms with Crippen LogP contribution in [0.25, 0.3) is 0 Å². The highest BCUT2D eigenvalue weighted by Gasteiger charge is 2.10. The van der Waals surface area contributed by atoms with Crippen molar-refractivity contribution in [2.75, 3.05) is 0 Å². The predicted octanol–water partition coefficient (Wildman–Crippen LogP) is 2.87. The van der Waals surface area contributed by atoms with Crippen LogP contribution in [0.4, 0.5) is 0 Å². The summed E-state index contributed by atoms with van der Waals surface area (Å²) < 4.78 is 0. The van der Waals surface area contributed by atoms with Gasteiger partial charge < -0.3 is 15.3 Å². The molecular formula is C15H12O5S. The summed E-state index contributed by atoms with van der Waals surface area (Å²) in [5.41, 5.74) is 0.547. The van der Waals surface area contributed by atoms with Gasteiger partial charge in [0.2, 0.25) is 0 Å². The van der Waals surface area contributed by atoms with E-state index in [2.05, 4.69) is 0 Å². The van der Waals surface area contributed by atoms with Gasteiger partial charge in [0.05, 0.1) is 6.42 Å². The average Bonchev–Trinajstić information content (AvgIpc) is 2.42. The minimum atomic E-state index is -1.19. The van der Waals surface area contributed by atoms with Crippen LogP contribution in [0.5, 0.6) is 5.75 Å². The van der Waals surface area contributed by atoms with E-state index in [1.807, 2.05) is 0 Å². The number of aliphatic carboxylic acids is 1. The van der Waals surface area contributed by atoms with E-state index < -0.39 is 11.9 Å². The largest absolute Gasteiger partial charge is 0.507 e. The van der Waals surface area contributed by atoms with Crippen LogP contribution in [0.3, 0.4) is 0 Å². The van der Waals surface area contributed by atoms with Crippen LogP contribution in [0.15, 0.2) is 52.3 Å². The van der Waals surface area contributed by atoms with Gasteiger partial charge in [0.15, 0.2) is 0 Å². The van der Waals surface area contributed by atoms with Gasteiger partial charge in [-0.05, 0) is 35.9 Å². The minimum Gasteiger partial charge on any atom is -0.507 e. The molecule has 0 aliphatic carbocycles. The first-order valence-corrected chi connectivity index (χ1v) is 6.82. The number of aromatic hydroxyl groups is 1. The van der Waals surface area contributed by atoms with Crippen molar-refractivity contribution in [1.82, 2.24) is 0 Å². The van der Waals surface area contributed by atoms with E-state index in [0.717, 1.165) is 4.90 Å². The van der Waals surface area contributed by atoms with Gasteiger partial charge in [-0.1, -0.05) is 23.9 Å². The van der Waals surface area contributed by atoms with E-state index in [1.54, 1.807) is 30.3 Å². The molecular weight excluding hydrogens is 292 g/mol. The van der Waals surface area contributed by atoms with E-state index in [1.165, 1.54) is 23.9 Å². The molecule has 2 aromatic rings. The highest BCUT2D eigenvalue weighted by atomic mass is 32.2. The van der Waals surface area contributed by atoms with E-state index in [4.69, 9.17) is 10.2 Å². The maximum absolute atomic E-state index is 10.9. The first-order valence-electron chi connectivity index (χ1n) is 6.00. The van der Waals surface area contributed by atoms with Crippen molar-refractivity contribution in [1.29, 1.82) is 0 Å². The summed E-state index contributed by atoms with van der Waals surface area (Å²) in [7, 11) is 0. The third kappa shape index (κ3) is 4.00. The van der Waals surface area contributed by atoms with Gasteiger partial charge >= 0.3 is 11.9 Å². The van der Waals surface area contributed by atoms with E-state index in [-0.39, 0.29) is 17.7 Å². The molecule has 21 heavy (non-hydrogen) atoms. The number of hydrogen-bond donors (Lipinski definition) is 3. The summed E-state index contributed by atoms with van der Waals surface area (Å²) >= 11 is 1.33. The van der Waals surface area contributed by atoms with E-state index >= 15 is 0 Å². The molecule has 6 heteroatoms. The van der Waals surface area contributed by atoms with Gasteiger partial charge in [0.1, 0.15) is 11.3 Å². The van der Waals surface area contributed by atoms with Crippen LogP contribution >= 0.6 is 11.8 Å². The molecule has 0 radical (unpaired) electrons. The number of aromatic carboxylic acids is 1. The number of carboxylic acid groups (broad SMARTS) is 2. The Kier molecular flexibility index (Phi) is 4.49. The Balaban J connectivity index is 2.16. The molecule has 2 aromatic carbocycles. The topological polar surface area (TPSA) is 94.8 Å². The molecule has 0 amide bonds. The lowest BCUT2D eigenvalue weighted by Crippen LogP contribution is -1.99. The molecule has 0 bridgehead atoms. The van der Waals surface area contributed by atoms with Crippen LogP contribution in [-0.2, 0) is 11.2 Å². The molecule has 0 aliphatic heterocycles. The Hall–Kier alpha value is -2.47. The standard InChI is InChI=1S/C15H12O5S/c16-13-6-5-11(8-12(13)15(19)20)21-10-3-1-9(2-4-10)7-14(17)18/h1-6,8,16H,7H2,(H,17,18)(H,19,20). The number of carbonyl (C=O) groups is 2. The number of benzene rings is 2. The number of rotatable bonds is 5. The summed E-state index contributed by atoms with van der Waals surface area (Å²) in [6, 6.07) is 11.3. The second-order valence-corrected chi connectivity index (χ2v) is 5.45. The van der Waals surface area contributed by atoms with Crippen LogP contribution in [0.1, 0.15) is 15.9 Å². The second-order valence-electron chi connectivity index (χ2n) is 4.30. The fourth-order valence-electron chi connectivity index (χ4n) is 1.74. The normalized spacial score (nSPS) is 10.3. The Morgan fingerprint density at radius 2 is 1.57 bits per heavy atom. The van der Waals surface area contributed by atoms with Gasteiger partial charge in [-0.25, -0.2) is 4.79 Å². The molecule has 108 valence electrons. The van der Waals surface area contributed by atoms with Crippen molar-refractivity contribution in [2.24, 2.45) is 0 Å². The molecule has 0 unspecified atom stereocenters. The lowest BCUT2D eigenvalue weighted by atomic mass is 10.2. The molecule has 0 aliphatic rings. The third-order valence-electron chi connectivity index (χ3n) is 2.71. The third-order valence-corrected chi connectivity index (χ3v) is 3.71.